The van der Waals surface area contributed by atoms with E-state index in [0.29, 0.717) is 12.1 Å². The number of piperidine rings is 1. The summed E-state index contributed by atoms with van der Waals surface area (Å²) < 4.78 is 7.68. The number of rotatable bonds is 4. The molecule has 2 heterocycles. The molecule has 1 aliphatic heterocycles. The van der Waals surface area contributed by atoms with Crippen LogP contribution in [0.15, 0.2) is 18.5 Å². The standard InChI is InChI=1S/C11H19N3O/c1-10-3-4-11(9-12-10)15-8-7-14-6-2-5-13-14/h2,5-6,10-12H,3-4,7-9H2,1H3. The van der Waals surface area contributed by atoms with E-state index in [1.165, 1.54) is 12.8 Å². The number of aromatic nitrogens is 2. The summed E-state index contributed by atoms with van der Waals surface area (Å²) in [6.07, 6.45) is 6.53. The average molecular weight is 209 g/mol. The summed E-state index contributed by atoms with van der Waals surface area (Å²) in [4.78, 5) is 0. The maximum Gasteiger partial charge on any atom is 0.0701 e. The third-order valence-electron chi connectivity index (χ3n) is 2.85. The van der Waals surface area contributed by atoms with E-state index in [0.717, 1.165) is 19.7 Å². The average Bonchev–Trinajstić information content (AvgIpc) is 2.74. The van der Waals surface area contributed by atoms with Gasteiger partial charge in [0.05, 0.1) is 19.3 Å². The van der Waals surface area contributed by atoms with Crippen LogP contribution < -0.4 is 5.32 Å². The van der Waals surface area contributed by atoms with Crippen molar-refractivity contribution >= 4 is 0 Å². The van der Waals surface area contributed by atoms with E-state index in [9.17, 15) is 0 Å². The molecule has 0 saturated carbocycles. The van der Waals surface area contributed by atoms with Crippen LogP contribution >= 0.6 is 0 Å². The van der Waals surface area contributed by atoms with Crippen molar-refractivity contribution in [1.82, 2.24) is 15.1 Å². The second kappa shape index (κ2) is 5.28. The second-order valence-corrected chi connectivity index (χ2v) is 4.15. The Morgan fingerprint density at radius 1 is 1.53 bits per heavy atom. The Labute approximate surface area is 90.6 Å². The van der Waals surface area contributed by atoms with Crippen LogP contribution in [-0.4, -0.2) is 35.1 Å². The van der Waals surface area contributed by atoms with Gasteiger partial charge < -0.3 is 10.1 Å². The fourth-order valence-corrected chi connectivity index (χ4v) is 1.86. The molecule has 2 rings (SSSR count). The highest BCUT2D eigenvalue weighted by Crippen LogP contribution is 2.10. The first-order valence-electron chi connectivity index (χ1n) is 5.67. The Balaban J connectivity index is 1.62. The summed E-state index contributed by atoms with van der Waals surface area (Å²) in [6.45, 7) is 4.81. The van der Waals surface area contributed by atoms with Crippen molar-refractivity contribution in [3.05, 3.63) is 18.5 Å². The molecule has 1 aliphatic rings. The Hall–Kier alpha value is -0.870. The van der Waals surface area contributed by atoms with Crippen molar-refractivity contribution in [2.24, 2.45) is 0 Å². The maximum atomic E-state index is 5.78. The van der Waals surface area contributed by atoms with Crippen LogP contribution in [0, 0.1) is 0 Å². The molecule has 0 radical (unpaired) electrons. The molecule has 4 heteroatoms. The van der Waals surface area contributed by atoms with Crippen molar-refractivity contribution in [3.63, 3.8) is 0 Å². The minimum atomic E-state index is 0.386. The first-order chi connectivity index (χ1) is 7.34. The van der Waals surface area contributed by atoms with Crippen LogP contribution in [0.4, 0.5) is 0 Å². The molecule has 1 saturated heterocycles. The highest BCUT2D eigenvalue weighted by molar-refractivity contribution is 4.78. The van der Waals surface area contributed by atoms with E-state index in [1.807, 2.05) is 16.9 Å². The van der Waals surface area contributed by atoms with Gasteiger partial charge in [-0.15, -0.1) is 0 Å². The van der Waals surface area contributed by atoms with E-state index in [2.05, 4.69) is 17.3 Å². The number of ether oxygens (including phenoxy) is 1. The van der Waals surface area contributed by atoms with Crippen LogP contribution in [0.2, 0.25) is 0 Å². The van der Waals surface area contributed by atoms with Crippen molar-refractivity contribution in [2.75, 3.05) is 13.2 Å². The Bertz CT molecular complexity index is 265. The molecule has 1 aromatic heterocycles. The molecule has 1 aromatic rings. The van der Waals surface area contributed by atoms with E-state index < -0.39 is 0 Å². The highest BCUT2D eigenvalue weighted by Gasteiger charge is 2.17. The SMILES string of the molecule is CC1CCC(OCCn2cccn2)CN1. The summed E-state index contributed by atoms with van der Waals surface area (Å²) in [5, 5.41) is 7.56. The number of nitrogens with one attached hydrogen (secondary N) is 1. The number of nitrogens with zero attached hydrogens (tertiary/aromatic N) is 2. The molecule has 0 spiro atoms. The quantitative estimate of drug-likeness (QED) is 0.805. The van der Waals surface area contributed by atoms with Crippen LogP contribution in [0.5, 0.6) is 0 Å². The molecular formula is C11H19N3O. The molecule has 1 N–H and O–H groups in total. The Morgan fingerprint density at radius 3 is 3.13 bits per heavy atom. The second-order valence-electron chi connectivity index (χ2n) is 4.15. The third-order valence-corrected chi connectivity index (χ3v) is 2.85. The van der Waals surface area contributed by atoms with Crippen LogP contribution in [-0.2, 0) is 11.3 Å². The van der Waals surface area contributed by atoms with Gasteiger partial charge in [-0.3, -0.25) is 4.68 Å². The smallest absolute Gasteiger partial charge is 0.0701 e. The van der Waals surface area contributed by atoms with Gasteiger partial charge in [0.15, 0.2) is 0 Å². The lowest BCUT2D eigenvalue weighted by Gasteiger charge is -2.27. The van der Waals surface area contributed by atoms with Gasteiger partial charge in [-0.05, 0) is 25.8 Å². The number of hydrogen-bond donors (Lipinski definition) is 1. The molecular weight excluding hydrogens is 190 g/mol. The molecule has 0 aromatic carbocycles. The largest absolute Gasteiger partial charge is 0.375 e. The van der Waals surface area contributed by atoms with Crippen LogP contribution in [0.1, 0.15) is 19.8 Å². The van der Waals surface area contributed by atoms with E-state index >= 15 is 0 Å². The predicted octanol–water partition coefficient (Wildman–Crippen LogP) is 1.04. The first kappa shape index (κ1) is 10.6. The van der Waals surface area contributed by atoms with Crippen LogP contribution in [0.3, 0.4) is 0 Å². The van der Waals surface area contributed by atoms with Gasteiger partial charge in [0.25, 0.3) is 0 Å². The summed E-state index contributed by atoms with van der Waals surface area (Å²) in [5.41, 5.74) is 0. The van der Waals surface area contributed by atoms with E-state index in [4.69, 9.17) is 4.74 Å². The Kier molecular flexibility index (Phi) is 3.75. The van der Waals surface area contributed by atoms with E-state index in [-0.39, 0.29) is 0 Å². The van der Waals surface area contributed by atoms with Crippen LogP contribution in [0.25, 0.3) is 0 Å². The Morgan fingerprint density at radius 2 is 2.47 bits per heavy atom. The van der Waals surface area contributed by atoms with Gasteiger partial charge in [0.1, 0.15) is 0 Å². The maximum absolute atomic E-state index is 5.78. The summed E-state index contributed by atoms with van der Waals surface area (Å²) >= 11 is 0. The monoisotopic (exact) mass is 209 g/mol. The fraction of sp³-hybridized carbons (Fsp3) is 0.727. The molecule has 2 unspecified atom stereocenters. The topological polar surface area (TPSA) is 39.1 Å². The molecule has 4 nitrogen and oxygen atoms in total. The van der Waals surface area contributed by atoms with Crippen molar-refractivity contribution in [1.29, 1.82) is 0 Å². The van der Waals surface area contributed by atoms with Gasteiger partial charge in [-0.2, -0.15) is 5.10 Å². The molecule has 15 heavy (non-hydrogen) atoms. The zero-order valence-electron chi connectivity index (χ0n) is 9.22. The minimum Gasteiger partial charge on any atom is -0.375 e. The highest BCUT2D eigenvalue weighted by atomic mass is 16.5. The molecule has 0 aliphatic carbocycles. The van der Waals surface area contributed by atoms with Crippen molar-refractivity contribution in [2.45, 2.75) is 38.5 Å². The van der Waals surface area contributed by atoms with Gasteiger partial charge in [-0.1, -0.05) is 0 Å². The normalized spacial score (nSPS) is 26.7. The first-order valence-corrected chi connectivity index (χ1v) is 5.67. The van der Waals surface area contributed by atoms with Gasteiger partial charge >= 0.3 is 0 Å². The summed E-state index contributed by atoms with van der Waals surface area (Å²) in [7, 11) is 0. The molecule has 1 fully saturated rings. The minimum absolute atomic E-state index is 0.386. The summed E-state index contributed by atoms with van der Waals surface area (Å²) in [6, 6.07) is 2.58. The third kappa shape index (κ3) is 3.32. The molecule has 84 valence electrons. The lowest BCUT2D eigenvalue weighted by Crippen LogP contribution is -2.41. The van der Waals surface area contributed by atoms with E-state index in [1.54, 1.807) is 6.20 Å². The molecule has 0 amide bonds. The van der Waals surface area contributed by atoms with Gasteiger partial charge in [-0.25, -0.2) is 0 Å². The zero-order chi connectivity index (χ0) is 10.5. The zero-order valence-corrected chi connectivity index (χ0v) is 9.22. The summed E-state index contributed by atoms with van der Waals surface area (Å²) in [5.74, 6) is 0. The number of hydrogen-bond acceptors (Lipinski definition) is 3. The lowest BCUT2D eigenvalue weighted by atomic mass is 10.0. The van der Waals surface area contributed by atoms with Crippen molar-refractivity contribution < 1.29 is 4.74 Å². The lowest BCUT2D eigenvalue weighted by molar-refractivity contribution is 0.0252. The van der Waals surface area contributed by atoms with Gasteiger partial charge in [0.2, 0.25) is 0 Å². The fourth-order valence-electron chi connectivity index (χ4n) is 1.86. The van der Waals surface area contributed by atoms with Crippen molar-refractivity contribution in [3.8, 4) is 0 Å². The molecule has 2 atom stereocenters. The predicted molar refractivity (Wildman–Crippen MR) is 58.7 cm³/mol. The molecule has 0 bridgehead atoms. The van der Waals surface area contributed by atoms with Gasteiger partial charge in [0, 0.05) is 25.0 Å².